The van der Waals surface area contributed by atoms with Gasteiger partial charge in [0, 0.05) is 17.3 Å². The number of benzene rings is 8. The van der Waals surface area contributed by atoms with Crippen LogP contribution < -0.4 is 0 Å². The van der Waals surface area contributed by atoms with Crippen LogP contribution in [0.5, 0.6) is 0 Å². The molecule has 0 amide bonds. The third-order valence-corrected chi connectivity index (χ3v) is 13.1. The van der Waals surface area contributed by atoms with E-state index in [1.54, 1.807) is 0 Å². The second-order valence-corrected chi connectivity index (χ2v) is 17.5. The van der Waals surface area contributed by atoms with Gasteiger partial charge in [-0.15, -0.1) is 6.58 Å². The zero-order valence-electron chi connectivity index (χ0n) is 32.2. The monoisotopic (exact) mass is 712 g/mol. The topological polar surface area (TPSA) is 37.3 Å². The Morgan fingerprint density at radius 3 is 1.78 bits per heavy atom. The van der Waals surface area contributed by atoms with Crippen molar-refractivity contribution in [3.8, 4) is 44.5 Å². The van der Waals surface area contributed by atoms with Gasteiger partial charge in [0.25, 0.3) is 0 Å². The highest BCUT2D eigenvalue weighted by molar-refractivity contribution is 6.25. The number of rotatable bonds is 6. The molecule has 0 saturated carbocycles. The minimum absolute atomic E-state index is 0.0736. The molecule has 1 atom stereocenters. The number of hydrogen-bond acceptors (Lipinski definition) is 1. The zero-order chi connectivity index (χ0) is 38.0. The second kappa shape index (κ2) is 11.5. The van der Waals surface area contributed by atoms with Gasteiger partial charge in [-0.05, 0) is 135 Å². The van der Waals surface area contributed by atoms with E-state index in [-0.39, 0.29) is 17.3 Å². The molecule has 0 fully saturated rings. The summed E-state index contributed by atoms with van der Waals surface area (Å²) in [6.45, 7) is 15.9. The smallest absolute Gasteiger partial charge is 0.303 e. The number of carboxylic acid groups (broad SMARTS) is 1. The minimum Gasteiger partial charge on any atom is -0.481 e. The van der Waals surface area contributed by atoms with Gasteiger partial charge in [-0.2, -0.15) is 0 Å². The van der Waals surface area contributed by atoms with Crippen LogP contribution in [0.25, 0.3) is 76.8 Å². The van der Waals surface area contributed by atoms with Crippen molar-refractivity contribution >= 4 is 38.3 Å². The van der Waals surface area contributed by atoms with E-state index in [4.69, 9.17) is 0 Å². The summed E-state index contributed by atoms with van der Waals surface area (Å²) in [5.74, 6) is -0.791. The Bertz CT molecular complexity index is 2920. The van der Waals surface area contributed by atoms with Crippen LogP contribution in [0.3, 0.4) is 0 Å². The maximum atomic E-state index is 11.8. The lowest BCUT2D eigenvalue weighted by molar-refractivity contribution is -0.137. The first-order valence-electron chi connectivity index (χ1n) is 19.5. The molecule has 8 aromatic carbocycles. The van der Waals surface area contributed by atoms with Gasteiger partial charge in [0.1, 0.15) is 0 Å². The molecular weight excluding hydrogens is 669 g/mol. The van der Waals surface area contributed by atoms with Gasteiger partial charge < -0.3 is 5.11 Å². The molecule has 1 N–H and O–H groups in total. The fourth-order valence-electron chi connectivity index (χ4n) is 10.1. The van der Waals surface area contributed by atoms with E-state index in [9.17, 15) is 9.90 Å². The van der Waals surface area contributed by atoms with Crippen LogP contribution in [0.15, 0.2) is 140 Å². The third-order valence-electron chi connectivity index (χ3n) is 13.1. The van der Waals surface area contributed by atoms with Crippen LogP contribution in [0.1, 0.15) is 75.3 Å². The van der Waals surface area contributed by atoms with E-state index in [0.717, 1.165) is 33.4 Å². The number of aliphatic carboxylic acids is 1. The van der Waals surface area contributed by atoms with Gasteiger partial charge in [0.05, 0.1) is 0 Å². The highest BCUT2D eigenvalue weighted by Gasteiger charge is 2.41. The molecule has 0 aromatic heterocycles. The largest absolute Gasteiger partial charge is 0.481 e. The average molecular weight is 713 g/mol. The number of carbonyl (C=O) groups is 1. The lowest BCUT2D eigenvalue weighted by Gasteiger charge is -2.28. The molecule has 55 heavy (non-hydrogen) atoms. The number of allylic oxidation sites excluding steroid dienone is 1. The number of fused-ring (bicyclic) bond motifs is 6. The maximum absolute atomic E-state index is 11.8. The normalized spacial score (nSPS) is 16.7. The summed E-state index contributed by atoms with van der Waals surface area (Å²) in [6, 6.07) is 47.7. The molecule has 2 nitrogen and oxygen atoms in total. The summed E-state index contributed by atoms with van der Waals surface area (Å²) in [7, 11) is 0. The predicted molar refractivity (Wildman–Crippen MR) is 231 cm³/mol. The fourth-order valence-corrected chi connectivity index (χ4v) is 10.1. The van der Waals surface area contributed by atoms with Crippen LogP contribution in [-0.2, 0) is 21.0 Å². The van der Waals surface area contributed by atoms with Crippen molar-refractivity contribution in [1.29, 1.82) is 0 Å². The molecule has 0 bridgehead atoms. The van der Waals surface area contributed by atoms with Gasteiger partial charge in [0.15, 0.2) is 0 Å². The maximum Gasteiger partial charge on any atom is 0.303 e. The highest BCUT2D eigenvalue weighted by Crippen LogP contribution is 2.55. The quantitative estimate of drug-likeness (QED) is 0.138. The Morgan fingerprint density at radius 2 is 1.13 bits per heavy atom. The molecule has 2 aliphatic carbocycles. The van der Waals surface area contributed by atoms with Crippen LogP contribution in [-0.4, -0.2) is 11.1 Å². The van der Waals surface area contributed by atoms with Crippen LogP contribution >= 0.6 is 0 Å². The standard InChI is InChI=1S/C53H44O2/c1-7-53(25-24-48(54)55)44-11-9-8-10-39(44)42-21-16-33(29-47(42)53)32-15-20-40-41-22-17-34(30-46(41)52(5,6)45(40)28-32)38-19-14-31-12-13-35-26-37(51(2,3)4)27-36-18-23-43(38)50(31)49(35)36/h7-23,26-30H,1,24-25H2,2-6H3,(H,54,55). The molecule has 0 aliphatic heterocycles. The van der Waals surface area contributed by atoms with Crippen LogP contribution in [0.4, 0.5) is 0 Å². The minimum atomic E-state index is -0.791. The fraction of sp³-hybridized carbons (Fsp3) is 0.189. The summed E-state index contributed by atoms with van der Waals surface area (Å²) < 4.78 is 0. The Morgan fingerprint density at radius 1 is 0.600 bits per heavy atom. The first-order chi connectivity index (χ1) is 26.4. The highest BCUT2D eigenvalue weighted by atomic mass is 16.4. The van der Waals surface area contributed by atoms with E-state index in [0.29, 0.717) is 6.42 Å². The van der Waals surface area contributed by atoms with E-state index >= 15 is 0 Å². The Labute approximate surface area is 323 Å². The first kappa shape index (κ1) is 33.6. The van der Waals surface area contributed by atoms with Gasteiger partial charge in [0.2, 0.25) is 0 Å². The third kappa shape index (κ3) is 4.77. The van der Waals surface area contributed by atoms with Gasteiger partial charge in [-0.3, -0.25) is 4.79 Å². The molecule has 2 heteroatoms. The van der Waals surface area contributed by atoms with Crippen molar-refractivity contribution in [3.63, 3.8) is 0 Å². The molecule has 0 saturated heterocycles. The Hall–Kier alpha value is -5.99. The Kier molecular flexibility index (Phi) is 7.03. The van der Waals surface area contributed by atoms with Crippen molar-refractivity contribution < 1.29 is 9.90 Å². The predicted octanol–water partition coefficient (Wildman–Crippen LogP) is 13.8. The summed E-state index contributed by atoms with van der Waals surface area (Å²) in [6.07, 6.45) is 2.51. The molecule has 0 spiro atoms. The van der Waals surface area contributed by atoms with Crippen molar-refractivity contribution in [2.45, 2.75) is 63.7 Å². The molecule has 1 unspecified atom stereocenters. The summed E-state index contributed by atoms with van der Waals surface area (Å²) >= 11 is 0. The van der Waals surface area contributed by atoms with E-state index < -0.39 is 11.4 Å². The second-order valence-electron chi connectivity index (χ2n) is 17.5. The van der Waals surface area contributed by atoms with E-state index in [1.165, 1.54) is 71.3 Å². The molecule has 10 rings (SSSR count). The van der Waals surface area contributed by atoms with Crippen molar-refractivity contribution in [2.24, 2.45) is 0 Å². The average Bonchev–Trinajstić information content (AvgIpc) is 3.59. The lowest BCUT2D eigenvalue weighted by atomic mass is 9.74. The summed E-state index contributed by atoms with van der Waals surface area (Å²) in [5, 5.41) is 17.6. The van der Waals surface area contributed by atoms with Crippen molar-refractivity contribution in [1.82, 2.24) is 0 Å². The molecular formula is C53H44O2. The Balaban J connectivity index is 1.06. The van der Waals surface area contributed by atoms with Gasteiger partial charge in [-0.25, -0.2) is 0 Å². The van der Waals surface area contributed by atoms with Crippen molar-refractivity contribution in [2.75, 3.05) is 0 Å². The summed E-state index contributed by atoms with van der Waals surface area (Å²) in [4.78, 5) is 11.8. The molecule has 0 radical (unpaired) electrons. The lowest BCUT2D eigenvalue weighted by Crippen LogP contribution is -2.23. The zero-order valence-corrected chi connectivity index (χ0v) is 32.2. The molecule has 2 aliphatic rings. The first-order valence-corrected chi connectivity index (χ1v) is 19.5. The molecule has 0 heterocycles. The SMILES string of the molecule is C=CC1(CCC(=O)O)c2ccccc2-c2ccc(-c3ccc4c(c3)C(C)(C)c3cc(-c5ccc6ccc7cc(C(C)(C)C)cc8ccc5c6c78)ccc3-4)cc21. The summed E-state index contributed by atoms with van der Waals surface area (Å²) in [5.41, 5.74) is 15.4. The van der Waals surface area contributed by atoms with Gasteiger partial charge in [-0.1, -0.05) is 150 Å². The van der Waals surface area contributed by atoms with E-state index in [2.05, 4.69) is 163 Å². The number of hydrogen-bond donors (Lipinski definition) is 1. The molecule has 8 aromatic rings. The molecule has 268 valence electrons. The van der Waals surface area contributed by atoms with Crippen LogP contribution in [0, 0.1) is 0 Å². The van der Waals surface area contributed by atoms with E-state index in [1.807, 2.05) is 12.1 Å². The number of carboxylic acids is 1. The van der Waals surface area contributed by atoms with Gasteiger partial charge >= 0.3 is 5.97 Å². The van der Waals surface area contributed by atoms with Crippen LogP contribution in [0.2, 0.25) is 0 Å². The van der Waals surface area contributed by atoms with Crippen molar-refractivity contribution in [3.05, 3.63) is 168 Å².